The molecule has 2 aromatic heterocycles. The summed E-state index contributed by atoms with van der Waals surface area (Å²) in [5.74, 6) is -0.0502. The fourth-order valence-corrected chi connectivity index (χ4v) is 3.40. The van der Waals surface area contributed by atoms with E-state index in [1.807, 2.05) is 7.05 Å². The van der Waals surface area contributed by atoms with Crippen molar-refractivity contribution < 1.29 is 14.3 Å². The number of nitrogens with zero attached hydrogens (tertiary/aromatic N) is 4. The van der Waals surface area contributed by atoms with Crippen molar-refractivity contribution in [3.05, 3.63) is 15.9 Å². The molecule has 134 valence electrons. The molecule has 0 aliphatic carbocycles. The first-order valence-electron chi connectivity index (χ1n) is 7.92. The van der Waals surface area contributed by atoms with Gasteiger partial charge in [0.05, 0.1) is 17.0 Å². The molecule has 1 aliphatic heterocycles. The lowest BCUT2D eigenvalue weighted by Gasteiger charge is -2.14. The quantitative estimate of drug-likeness (QED) is 0.601. The zero-order valence-electron chi connectivity index (χ0n) is 14.0. The van der Waals surface area contributed by atoms with Gasteiger partial charge in [-0.15, -0.1) is 0 Å². The number of rotatable bonds is 6. The first-order chi connectivity index (χ1) is 12.1. The number of carbonyl (C=O) groups is 1. The Labute approximate surface area is 147 Å². The maximum absolute atomic E-state index is 12.4. The average molecular weight is 365 g/mol. The van der Waals surface area contributed by atoms with Crippen LogP contribution in [0.1, 0.15) is 26.0 Å². The SMILES string of the molecule is CNC/C=N/c1ncc2sc(=O)n([C@H]3CC[C@@H](COC(C)=O)O3)c2n1. The van der Waals surface area contributed by atoms with E-state index in [0.29, 0.717) is 35.7 Å². The number of nitrogens with one attached hydrogen (secondary N) is 1. The van der Waals surface area contributed by atoms with Gasteiger partial charge in [0.15, 0.2) is 5.65 Å². The average Bonchev–Trinajstić information content (AvgIpc) is 3.16. The molecule has 0 spiro atoms. The molecule has 3 heterocycles. The Bertz CT molecular complexity index is 846. The standard InChI is InChI=1S/C15H19N5O4S/c1-9(21)23-8-10-3-4-12(24-10)20-13-11(25-15(20)22)7-18-14(19-13)17-6-5-16-2/h6-7,10,12,16H,3-5,8H2,1-2H3/b17-6+/t10-,12+/m0/s1. The Hall–Kier alpha value is -2.17. The predicted molar refractivity (Wildman–Crippen MR) is 93.5 cm³/mol. The summed E-state index contributed by atoms with van der Waals surface area (Å²) < 4.78 is 13.1. The highest BCUT2D eigenvalue weighted by molar-refractivity contribution is 7.16. The van der Waals surface area contributed by atoms with E-state index in [0.717, 1.165) is 11.3 Å². The van der Waals surface area contributed by atoms with Crippen molar-refractivity contribution in [1.29, 1.82) is 0 Å². The number of aromatic nitrogens is 3. The molecule has 10 heteroatoms. The number of hydrogen-bond donors (Lipinski definition) is 1. The van der Waals surface area contributed by atoms with Crippen LogP contribution in [0.4, 0.5) is 5.95 Å². The Kier molecular flexibility index (Phi) is 5.51. The number of aliphatic imine (C=N–C) groups is 1. The van der Waals surface area contributed by atoms with Gasteiger partial charge in [-0.3, -0.25) is 14.2 Å². The van der Waals surface area contributed by atoms with Gasteiger partial charge in [0.25, 0.3) is 5.95 Å². The molecule has 1 aliphatic rings. The summed E-state index contributed by atoms with van der Waals surface area (Å²) in [5.41, 5.74) is 0.514. The molecule has 0 unspecified atom stereocenters. The van der Waals surface area contributed by atoms with E-state index in [2.05, 4.69) is 20.3 Å². The zero-order chi connectivity index (χ0) is 17.8. The minimum atomic E-state index is -0.425. The smallest absolute Gasteiger partial charge is 0.311 e. The molecule has 1 N–H and O–H groups in total. The van der Waals surface area contributed by atoms with E-state index in [1.54, 1.807) is 12.4 Å². The van der Waals surface area contributed by atoms with E-state index >= 15 is 0 Å². The van der Waals surface area contributed by atoms with Crippen LogP contribution in [0, 0.1) is 0 Å². The number of fused-ring (bicyclic) bond motifs is 1. The van der Waals surface area contributed by atoms with E-state index in [9.17, 15) is 9.59 Å². The van der Waals surface area contributed by atoms with Crippen molar-refractivity contribution in [2.75, 3.05) is 20.2 Å². The van der Waals surface area contributed by atoms with Gasteiger partial charge in [0.1, 0.15) is 12.8 Å². The molecule has 0 saturated carbocycles. The lowest BCUT2D eigenvalue weighted by Crippen LogP contribution is -2.22. The van der Waals surface area contributed by atoms with Crippen LogP contribution < -0.4 is 10.2 Å². The molecule has 1 saturated heterocycles. The zero-order valence-corrected chi connectivity index (χ0v) is 14.8. The third-order valence-corrected chi connectivity index (χ3v) is 4.57. The molecule has 25 heavy (non-hydrogen) atoms. The first-order valence-corrected chi connectivity index (χ1v) is 8.74. The highest BCUT2D eigenvalue weighted by Crippen LogP contribution is 2.31. The molecule has 3 rings (SSSR count). The lowest BCUT2D eigenvalue weighted by molar-refractivity contribution is -0.145. The van der Waals surface area contributed by atoms with Crippen LogP contribution in [0.5, 0.6) is 0 Å². The Morgan fingerprint density at radius 3 is 3.20 bits per heavy atom. The predicted octanol–water partition coefficient (Wildman–Crippen LogP) is 1.02. The first kappa shape index (κ1) is 17.6. The maximum Gasteiger partial charge on any atom is 0.311 e. The van der Waals surface area contributed by atoms with Crippen LogP contribution in [0.15, 0.2) is 16.0 Å². The summed E-state index contributed by atoms with van der Waals surface area (Å²) >= 11 is 1.07. The third kappa shape index (κ3) is 4.09. The molecule has 2 atom stereocenters. The summed E-state index contributed by atoms with van der Waals surface area (Å²) in [5, 5.41) is 2.95. The van der Waals surface area contributed by atoms with Crippen LogP contribution in [-0.2, 0) is 14.3 Å². The molecule has 2 aromatic rings. The topological polar surface area (TPSA) is 108 Å². The minimum Gasteiger partial charge on any atom is -0.463 e. The van der Waals surface area contributed by atoms with Crippen molar-refractivity contribution in [2.45, 2.75) is 32.1 Å². The highest BCUT2D eigenvalue weighted by atomic mass is 32.1. The van der Waals surface area contributed by atoms with Gasteiger partial charge < -0.3 is 14.8 Å². The van der Waals surface area contributed by atoms with Crippen molar-refractivity contribution in [2.24, 2.45) is 4.99 Å². The van der Waals surface area contributed by atoms with E-state index < -0.39 is 6.23 Å². The number of carbonyl (C=O) groups excluding carboxylic acids is 1. The van der Waals surface area contributed by atoms with E-state index in [4.69, 9.17) is 9.47 Å². The monoisotopic (exact) mass is 365 g/mol. The second-order valence-electron chi connectivity index (χ2n) is 5.56. The number of esters is 1. The Morgan fingerprint density at radius 1 is 1.60 bits per heavy atom. The third-order valence-electron chi connectivity index (χ3n) is 3.69. The van der Waals surface area contributed by atoms with Gasteiger partial charge in [-0.25, -0.2) is 9.98 Å². The molecular weight excluding hydrogens is 346 g/mol. The van der Waals surface area contributed by atoms with Gasteiger partial charge in [-0.05, 0) is 19.9 Å². The van der Waals surface area contributed by atoms with Crippen molar-refractivity contribution in [3.63, 3.8) is 0 Å². The number of ether oxygens (including phenoxy) is 2. The number of thiazole rings is 1. The van der Waals surface area contributed by atoms with Gasteiger partial charge in [0, 0.05) is 19.7 Å². The summed E-state index contributed by atoms with van der Waals surface area (Å²) in [7, 11) is 1.82. The molecule has 0 aromatic carbocycles. The summed E-state index contributed by atoms with van der Waals surface area (Å²) in [6, 6.07) is 0. The van der Waals surface area contributed by atoms with Crippen LogP contribution in [0.25, 0.3) is 10.3 Å². The molecule has 0 amide bonds. The van der Waals surface area contributed by atoms with Crippen molar-refractivity contribution in [3.8, 4) is 0 Å². The fourth-order valence-electron chi connectivity index (χ4n) is 2.57. The second-order valence-corrected chi connectivity index (χ2v) is 6.55. The minimum absolute atomic E-state index is 0.154. The molecule has 1 fully saturated rings. The molecular formula is C15H19N5O4S. The Balaban J connectivity index is 1.83. The largest absolute Gasteiger partial charge is 0.463 e. The normalized spacial score (nSPS) is 20.6. The summed E-state index contributed by atoms with van der Waals surface area (Å²) in [6.45, 7) is 2.15. The Morgan fingerprint density at radius 2 is 2.44 bits per heavy atom. The fraction of sp³-hybridized carbons (Fsp3) is 0.533. The lowest BCUT2D eigenvalue weighted by atomic mass is 10.2. The molecule has 0 bridgehead atoms. The van der Waals surface area contributed by atoms with Crippen molar-refractivity contribution in [1.82, 2.24) is 19.9 Å². The second kappa shape index (κ2) is 7.81. The van der Waals surface area contributed by atoms with Gasteiger partial charge in [-0.2, -0.15) is 4.98 Å². The van der Waals surface area contributed by atoms with Gasteiger partial charge in [0.2, 0.25) is 0 Å². The summed E-state index contributed by atoms with van der Waals surface area (Å²) in [4.78, 5) is 35.8. The van der Waals surface area contributed by atoms with Crippen LogP contribution in [0.3, 0.4) is 0 Å². The van der Waals surface area contributed by atoms with Crippen LogP contribution in [-0.4, -0.2) is 53.0 Å². The van der Waals surface area contributed by atoms with E-state index in [1.165, 1.54) is 11.5 Å². The van der Waals surface area contributed by atoms with Crippen molar-refractivity contribution >= 4 is 39.8 Å². The highest BCUT2D eigenvalue weighted by Gasteiger charge is 2.30. The molecule has 9 nitrogen and oxygen atoms in total. The van der Waals surface area contributed by atoms with Crippen LogP contribution >= 0.6 is 11.3 Å². The van der Waals surface area contributed by atoms with E-state index in [-0.39, 0.29) is 23.6 Å². The number of hydrogen-bond acceptors (Lipinski definition) is 9. The summed E-state index contributed by atoms with van der Waals surface area (Å²) in [6.07, 6.45) is 3.98. The molecule has 0 radical (unpaired) electrons. The van der Waals surface area contributed by atoms with Crippen LogP contribution in [0.2, 0.25) is 0 Å². The maximum atomic E-state index is 12.4. The van der Waals surface area contributed by atoms with Gasteiger partial charge >= 0.3 is 10.8 Å². The van der Waals surface area contributed by atoms with Gasteiger partial charge in [-0.1, -0.05) is 11.3 Å².